The number of amides is 3. The molecule has 8 heteroatoms. The number of benzene rings is 2. The number of carbonyl (C=O) groups is 3. The Morgan fingerprint density at radius 3 is 2.28 bits per heavy atom. The Morgan fingerprint density at radius 2 is 1.69 bits per heavy atom. The second kappa shape index (κ2) is 7.48. The topological polar surface area (TPSA) is 88.6 Å². The van der Waals surface area contributed by atoms with Gasteiger partial charge in [-0.1, -0.05) is 12.1 Å². The molecule has 146 valence electrons. The molecule has 0 fully saturated rings. The lowest BCUT2D eigenvalue weighted by atomic mass is 10.1. The van der Waals surface area contributed by atoms with Crippen LogP contribution in [-0.2, 0) is 4.79 Å². The molecule has 0 unspecified atom stereocenters. The highest BCUT2D eigenvalue weighted by atomic mass is 32.1. The Bertz CT molecular complexity index is 1090. The number of fused-ring (bicyclic) bond motifs is 1. The number of hydrogen-bond donors (Lipinski definition) is 1. The van der Waals surface area contributed by atoms with Gasteiger partial charge in [0.05, 0.1) is 23.9 Å². The van der Waals surface area contributed by atoms with E-state index in [2.05, 4.69) is 10.3 Å². The van der Waals surface area contributed by atoms with Crippen LogP contribution in [0.15, 0.2) is 48.5 Å². The van der Waals surface area contributed by atoms with Gasteiger partial charge in [0.25, 0.3) is 11.8 Å². The average molecular weight is 407 g/mol. The van der Waals surface area contributed by atoms with Gasteiger partial charge in [-0.3, -0.25) is 19.3 Å². The van der Waals surface area contributed by atoms with E-state index in [1.54, 1.807) is 31.4 Å². The quantitative estimate of drug-likeness (QED) is 0.655. The molecular formula is C21H17N3O4S. The molecular weight excluding hydrogens is 390 g/mol. The van der Waals surface area contributed by atoms with E-state index < -0.39 is 17.7 Å². The number of nitrogens with one attached hydrogen (secondary N) is 1. The summed E-state index contributed by atoms with van der Waals surface area (Å²) in [6.45, 7) is 1.56. The molecule has 0 radical (unpaired) electrons. The molecule has 29 heavy (non-hydrogen) atoms. The highest BCUT2D eigenvalue weighted by molar-refractivity contribution is 7.16. The van der Waals surface area contributed by atoms with Crippen LogP contribution >= 0.6 is 11.3 Å². The van der Waals surface area contributed by atoms with Gasteiger partial charge >= 0.3 is 0 Å². The van der Waals surface area contributed by atoms with E-state index in [1.165, 1.54) is 11.3 Å². The fourth-order valence-corrected chi connectivity index (χ4v) is 4.00. The second-order valence-electron chi connectivity index (χ2n) is 6.44. The van der Waals surface area contributed by atoms with Gasteiger partial charge in [0.2, 0.25) is 5.91 Å². The van der Waals surface area contributed by atoms with Gasteiger partial charge in [-0.25, -0.2) is 4.98 Å². The molecule has 0 saturated heterocycles. The van der Waals surface area contributed by atoms with E-state index in [0.29, 0.717) is 16.3 Å². The number of methoxy groups -OCH3 is 1. The van der Waals surface area contributed by atoms with Crippen LogP contribution in [0, 0.1) is 6.92 Å². The summed E-state index contributed by atoms with van der Waals surface area (Å²) in [5.74, 6) is -0.657. The molecule has 1 aliphatic heterocycles. The monoisotopic (exact) mass is 407 g/mol. The van der Waals surface area contributed by atoms with Crippen LogP contribution in [0.2, 0.25) is 0 Å². The standard InChI is InChI=1S/C21H17N3O4S/c1-12-18(13-7-9-14(28-2)10-8-13)23-21(29-12)22-17(25)11-24-19(26)15-5-3-4-6-16(15)20(24)27/h3-10H,11H2,1-2H3,(H,22,23,25). The van der Waals surface area contributed by atoms with Gasteiger partial charge in [0.1, 0.15) is 12.3 Å². The molecule has 2 heterocycles. The first kappa shape index (κ1) is 18.8. The molecule has 0 saturated carbocycles. The molecule has 4 rings (SSSR count). The highest BCUT2D eigenvalue weighted by Crippen LogP contribution is 2.31. The molecule has 3 aromatic rings. The molecule has 1 N–H and O–H groups in total. The van der Waals surface area contributed by atoms with Crippen molar-refractivity contribution in [3.05, 3.63) is 64.5 Å². The van der Waals surface area contributed by atoms with Crippen LogP contribution in [0.25, 0.3) is 11.3 Å². The Labute approximate surface area is 170 Å². The number of nitrogens with zero attached hydrogens (tertiary/aromatic N) is 2. The summed E-state index contributed by atoms with van der Waals surface area (Å²) < 4.78 is 5.16. The maximum atomic E-state index is 12.4. The molecule has 3 amide bonds. The average Bonchev–Trinajstić information content (AvgIpc) is 3.21. The van der Waals surface area contributed by atoms with E-state index >= 15 is 0 Å². The minimum Gasteiger partial charge on any atom is -0.497 e. The molecule has 0 spiro atoms. The first-order valence-electron chi connectivity index (χ1n) is 8.85. The highest BCUT2D eigenvalue weighted by Gasteiger charge is 2.36. The Hall–Kier alpha value is -3.52. The van der Waals surface area contributed by atoms with Crippen molar-refractivity contribution < 1.29 is 19.1 Å². The Kier molecular flexibility index (Phi) is 4.85. The molecule has 0 atom stereocenters. The van der Waals surface area contributed by atoms with Gasteiger partial charge in [-0.05, 0) is 43.3 Å². The van der Waals surface area contributed by atoms with Gasteiger partial charge < -0.3 is 10.1 Å². The lowest BCUT2D eigenvalue weighted by Gasteiger charge is -2.12. The van der Waals surface area contributed by atoms with Gasteiger partial charge in [0.15, 0.2) is 5.13 Å². The zero-order chi connectivity index (χ0) is 20.5. The predicted molar refractivity (Wildman–Crippen MR) is 109 cm³/mol. The molecule has 1 aromatic heterocycles. The molecule has 0 aliphatic carbocycles. The van der Waals surface area contributed by atoms with Crippen LogP contribution in [0.1, 0.15) is 25.6 Å². The lowest BCUT2D eigenvalue weighted by Crippen LogP contribution is -2.37. The van der Waals surface area contributed by atoms with Crippen molar-refractivity contribution in [3.63, 3.8) is 0 Å². The third-order valence-electron chi connectivity index (χ3n) is 4.59. The fraction of sp³-hybridized carbons (Fsp3) is 0.143. The summed E-state index contributed by atoms with van der Waals surface area (Å²) in [7, 11) is 1.60. The van der Waals surface area contributed by atoms with Crippen molar-refractivity contribution in [1.82, 2.24) is 9.88 Å². The summed E-state index contributed by atoms with van der Waals surface area (Å²) in [5.41, 5.74) is 2.29. The first-order chi connectivity index (χ1) is 14.0. The lowest BCUT2D eigenvalue weighted by molar-refractivity contribution is -0.116. The van der Waals surface area contributed by atoms with E-state index in [-0.39, 0.29) is 6.54 Å². The first-order valence-corrected chi connectivity index (χ1v) is 9.66. The maximum Gasteiger partial charge on any atom is 0.262 e. The Balaban J connectivity index is 1.47. The van der Waals surface area contributed by atoms with Gasteiger partial charge in [0, 0.05) is 10.4 Å². The number of hydrogen-bond acceptors (Lipinski definition) is 6. The Morgan fingerprint density at radius 1 is 1.07 bits per heavy atom. The van der Waals surface area contributed by atoms with Crippen LogP contribution in [0.3, 0.4) is 0 Å². The third kappa shape index (κ3) is 3.50. The molecule has 7 nitrogen and oxygen atoms in total. The minimum atomic E-state index is -0.477. The van der Waals surface area contributed by atoms with Crippen LogP contribution in [-0.4, -0.2) is 41.3 Å². The van der Waals surface area contributed by atoms with E-state index in [1.807, 2.05) is 31.2 Å². The number of anilines is 1. The summed E-state index contributed by atoms with van der Waals surface area (Å²) in [6.07, 6.45) is 0. The van der Waals surface area contributed by atoms with Crippen LogP contribution in [0.5, 0.6) is 5.75 Å². The number of ether oxygens (including phenoxy) is 1. The predicted octanol–water partition coefficient (Wildman–Crippen LogP) is 3.36. The summed E-state index contributed by atoms with van der Waals surface area (Å²) in [4.78, 5) is 43.6. The van der Waals surface area contributed by atoms with Crippen molar-refractivity contribution in [2.24, 2.45) is 0 Å². The van der Waals surface area contributed by atoms with Crippen molar-refractivity contribution >= 4 is 34.2 Å². The number of rotatable bonds is 5. The number of imide groups is 1. The zero-order valence-corrected chi connectivity index (χ0v) is 16.6. The van der Waals surface area contributed by atoms with Crippen molar-refractivity contribution in [2.45, 2.75) is 6.92 Å². The smallest absolute Gasteiger partial charge is 0.262 e. The largest absolute Gasteiger partial charge is 0.497 e. The summed E-state index contributed by atoms with van der Waals surface area (Å²) in [5, 5.41) is 3.10. The number of carbonyl (C=O) groups excluding carboxylic acids is 3. The molecule has 1 aliphatic rings. The fourth-order valence-electron chi connectivity index (χ4n) is 3.15. The third-order valence-corrected chi connectivity index (χ3v) is 5.47. The van der Waals surface area contributed by atoms with Crippen molar-refractivity contribution in [1.29, 1.82) is 0 Å². The number of aromatic nitrogens is 1. The zero-order valence-electron chi connectivity index (χ0n) is 15.8. The van der Waals surface area contributed by atoms with E-state index in [0.717, 1.165) is 26.8 Å². The van der Waals surface area contributed by atoms with Gasteiger partial charge in [-0.15, -0.1) is 11.3 Å². The SMILES string of the molecule is COc1ccc(-c2nc(NC(=O)CN3C(=O)c4ccccc4C3=O)sc2C)cc1. The van der Waals surface area contributed by atoms with Crippen molar-refractivity contribution in [3.8, 4) is 17.0 Å². The van der Waals surface area contributed by atoms with E-state index in [9.17, 15) is 14.4 Å². The van der Waals surface area contributed by atoms with E-state index in [4.69, 9.17) is 4.74 Å². The van der Waals surface area contributed by atoms with Crippen molar-refractivity contribution in [2.75, 3.05) is 19.0 Å². The van der Waals surface area contributed by atoms with Crippen LogP contribution in [0.4, 0.5) is 5.13 Å². The summed E-state index contributed by atoms with van der Waals surface area (Å²) >= 11 is 1.33. The number of thiazole rings is 1. The molecule has 0 bridgehead atoms. The minimum absolute atomic E-state index is 0.317. The normalized spacial score (nSPS) is 12.8. The summed E-state index contributed by atoms with van der Waals surface area (Å²) in [6, 6.07) is 14.0. The maximum absolute atomic E-state index is 12.4. The molecule has 2 aromatic carbocycles. The second-order valence-corrected chi connectivity index (χ2v) is 7.65. The van der Waals surface area contributed by atoms with Crippen LogP contribution < -0.4 is 10.1 Å². The number of aryl methyl sites for hydroxylation is 1. The van der Waals surface area contributed by atoms with Gasteiger partial charge in [-0.2, -0.15) is 0 Å².